The minimum atomic E-state index is -0.213. The SMILES string of the molecule is CC(C)(C)C(=O)C1NCC2CNCC21. The molecule has 0 aliphatic carbocycles. The molecular formula is C11H20N2O. The Kier molecular flexibility index (Phi) is 2.40. The fourth-order valence-electron chi connectivity index (χ4n) is 2.55. The number of fused-ring (bicyclic) bond motifs is 1. The van der Waals surface area contributed by atoms with Gasteiger partial charge in [-0.2, -0.15) is 0 Å². The van der Waals surface area contributed by atoms with E-state index in [4.69, 9.17) is 0 Å². The smallest absolute Gasteiger partial charge is 0.155 e. The molecule has 0 bridgehead atoms. The molecule has 0 saturated carbocycles. The predicted octanol–water partition coefficient (Wildman–Crippen LogP) is 0.409. The normalized spacial score (nSPS) is 37.2. The molecule has 2 fully saturated rings. The summed E-state index contributed by atoms with van der Waals surface area (Å²) in [5, 5.41) is 6.74. The van der Waals surface area contributed by atoms with Crippen molar-refractivity contribution in [3.8, 4) is 0 Å². The molecule has 2 rings (SSSR count). The molecule has 14 heavy (non-hydrogen) atoms. The summed E-state index contributed by atoms with van der Waals surface area (Å²) in [6.45, 7) is 9.10. The lowest BCUT2D eigenvalue weighted by Gasteiger charge is -2.25. The van der Waals surface area contributed by atoms with E-state index in [0.717, 1.165) is 19.6 Å². The Labute approximate surface area is 85.6 Å². The maximum Gasteiger partial charge on any atom is 0.155 e. The van der Waals surface area contributed by atoms with Crippen molar-refractivity contribution in [2.75, 3.05) is 19.6 Å². The molecule has 0 radical (unpaired) electrons. The highest BCUT2D eigenvalue weighted by Crippen LogP contribution is 2.30. The van der Waals surface area contributed by atoms with Gasteiger partial charge in [-0.05, 0) is 18.4 Å². The zero-order valence-electron chi connectivity index (χ0n) is 9.26. The Morgan fingerprint density at radius 1 is 1.21 bits per heavy atom. The zero-order valence-corrected chi connectivity index (χ0v) is 9.26. The first-order valence-corrected chi connectivity index (χ1v) is 5.48. The number of carbonyl (C=O) groups excluding carboxylic acids is 1. The van der Waals surface area contributed by atoms with Crippen LogP contribution in [0.2, 0.25) is 0 Å². The van der Waals surface area contributed by atoms with Gasteiger partial charge in [-0.25, -0.2) is 0 Å². The summed E-state index contributed by atoms with van der Waals surface area (Å²) < 4.78 is 0. The number of ketones is 1. The van der Waals surface area contributed by atoms with Gasteiger partial charge in [0.05, 0.1) is 6.04 Å². The van der Waals surface area contributed by atoms with Gasteiger partial charge >= 0.3 is 0 Å². The van der Waals surface area contributed by atoms with Crippen molar-refractivity contribution < 1.29 is 4.79 Å². The first-order valence-electron chi connectivity index (χ1n) is 5.48. The van der Waals surface area contributed by atoms with E-state index in [1.165, 1.54) is 0 Å². The molecule has 0 spiro atoms. The van der Waals surface area contributed by atoms with Gasteiger partial charge in [-0.15, -0.1) is 0 Å². The second kappa shape index (κ2) is 3.31. The second-order valence-corrected chi connectivity index (χ2v) is 5.58. The lowest BCUT2D eigenvalue weighted by molar-refractivity contribution is -0.129. The number of rotatable bonds is 1. The summed E-state index contributed by atoms with van der Waals surface area (Å²) in [4.78, 5) is 12.1. The van der Waals surface area contributed by atoms with Gasteiger partial charge in [-0.3, -0.25) is 4.79 Å². The van der Waals surface area contributed by atoms with E-state index in [9.17, 15) is 4.79 Å². The highest BCUT2D eigenvalue weighted by molar-refractivity contribution is 5.89. The summed E-state index contributed by atoms with van der Waals surface area (Å²) in [7, 11) is 0. The van der Waals surface area contributed by atoms with Crippen LogP contribution >= 0.6 is 0 Å². The van der Waals surface area contributed by atoms with Gasteiger partial charge in [0.15, 0.2) is 5.78 Å². The van der Waals surface area contributed by atoms with Crippen LogP contribution in [0.3, 0.4) is 0 Å². The van der Waals surface area contributed by atoms with Gasteiger partial charge in [0, 0.05) is 18.5 Å². The molecule has 2 saturated heterocycles. The lowest BCUT2D eigenvalue weighted by Crippen LogP contribution is -2.43. The van der Waals surface area contributed by atoms with Crippen LogP contribution in [-0.4, -0.2) is 31.5 Å². The van der Waals surface area contributed by atoms with Gasteiger partial charge in [0.2, 0.25) is 0 Å². The van der Waals surface area contributed by atoms with E-state index in [1.54, 1.807) is 0 Å². The van der Waals surface area contributed by atoms with E-state index in [1.807, 2.05) is 20.8 Å². The summed E-state index contributed by atoms with van der Waals surface area (Å²) in [6, 6.07) is 0.0926. The molecule has 80 valence electrons. The van der Waals surface area contributed by atoms with Crippen LogP contribution in [0.1, 0.15) is 20.8 Å². The van der Waals surface area contributed by atoms with Gasteiger partial charge in [-0.1, -0.05) is 20.8 Å². The van der Waals surface area contributed by atoms with E-state index in [2.05, 4.69) is 10.6 Å². The molecule has 0 amide bonds. The lowest BCUT2D eigenvalue weighted by atomic mass is 9.81. The van der Waals surface area contributed by atoms with Crippen molar-refractivity contribution in [2.45, 2.75) is 26.8 Å². The molecule has 3 atom stereocenters. The minimum absolute atomic E-state index is 0.0926. The van der Waals surface area contributed by atoms with Gasteiger partial charge < -0.3 is 10.6 Å². The standard InChI is InChI=1S/C11H20N2O/c1-11(2,3)10(14)9-8-6-12-4-7(8)5-13-9/h7-9,12-13H,4-6H2,1-3H3. The summed E-state index contributed by atoms with van der Waals surface area (Å²) in [6.07, 6.45) is 0. The fraction of sp³-hybridized carbons (Fsp3) is 0.909. The molecule has 3 heteroatoms. The Morgan fingerprint density at radius 3 is 2.57 bits per heavy atom. The van der Waals surface area contributed by atoms with Crippen LogP contribution in [0, 0.1) is 17.3 Å². The average molecular weight is 196 g/mol. The Morgan fingerprint density at radius 2 is 1.93 bits per heavy atom. The highest BCUT2D eigenvalue weighted by Gasteiger charge is 2.44. The third-order valence-corrected chi connectivity index (χ3v) is 3.44. The molecule has 0 aromatic rings. The van der Waals surface area contributed by atoms with Crippen molar-refractivity contribution in [1.29, 1.82) is 0 Å². The number of carbonyl (C=O) groups is 1. The molecule has 2 aliphatic heterocycles. The number of hydrogen-bond donors (Lipinski definition) is 2. The van der Waals surface area contributed by atoms with E-state index < -0.39 is 0 Å². The van der Waals surface area contributed by atoms with E-state index >= 15 is 0 Å². The predicted molar refractivity (Wildman–Crippen MR) is 56.1 cm³/mol. The van der Waals surface area contributed by atoms with Gasteiger partial charge in [0.25, 0.3) is 0 Å². The monoisotopic (exact) mass is 196 g/mol. The summed E-state index contributed by atoms with van der Waals surface area (Å²) in [5.41, 5.74) is -0.213. The van der Waals surface area contributed by atoms with E-state index in [0.29, 0.717) is 17.6 Å². The van der Waals surface area contributed by atoms with Crippen molar-refractivity contribution >= 4 is 5.78 Å². The van der Waals surface area contributed by atoms with Crippen molar-refractivity contribution in [3.63, 3.8) is 0 Å². The topological polar surface area (TPSA) is 41.1 Å². The van der Waals surface area contributed by atoms with Crippen LogP contribution in [0.15, 0.2) is 0 Å². The molecule has 3 unspecified atom stereocenters. The van der Waals surface area contributed by atoms with Crippen LogP contribution in [0.25, 0.3) is 0 Å². The minimum Gasteiger partial charge on any atom is -0.316 e. The zero-order chi connectivity index (χ0) is 10.3. The molecule has 0 aromatic heterocycles. The second-order valence-electron chi connectivity index (χ2n) is 5.58. The molecule has 2 heterocycles. The summed E-state index contributed by atoms with van der Waals surface area (Å²) in [5.74, 6) is 1.57. The first kappa shape index (κ1) is 10.1. The van der Waals surface area contributed by atoms with Crippen LogP contribution in [0.5, 0.6) is 0 Å². The van der Waals surface area contributed by atoms with Crippen molar-refractivity contribution in [3.05, 3.63) is 0 Å². The first-order chi connectivity index (χ1) is 6.50. The van der Waals surface area contributed by atoms with Crippen molar-refractivity contribution in [1.82, 2.24) is 10.6 Å². The van der Waals surface area contributed by atoms with Crippen LogP contribution in [0.4, 0.5) is 0 Å². The Balaban J connectivity index is 2.09. The van der Waals surface area contributed by atoms with Gasteiger partial charge in [0.1, 0.15) is 0 Å². The fourth-order valence-corrected chi connectivity index (χ4v) is 2.55. The number of Topliss-reactive ketones (excluding diaryl/α,β-unsaturated/α-hetero) is 1. The molecular weight excluding hydrogens is 176 g/mol. The maximum absolute atomic E-state index is 12.1. The maximum atomic E-state index is 12.1. The van der Waals surface area contributed by atoms with Crippen LogP contribution < -0.4 is 10.6 Å². The van der Waals surface area contributed by atoms with Crippen molar-refractivity contribution in [2.24, 2.45) is 17.3 Å². The summed E-state index contributed by atoms with van der Waals surface area (Å²) >= 11 is 0. The van der Waals surface area contributed by atoms with E-state index in [-0.39, 0.29) is 11.5 Å². The number of hydrogen-bond acceptors (Lipinski definition) is 3. The molecule has 2 aliphatic rings. The third kappa shape index (κ3) is 1.59. The Hall–Kier alpha value is -0.410. The average Bonchev–Trinajstić information content (AvgIpc) is 2.59. The molecule has 3 nitrogen and oxygen atoms in total. The highest BCUT2D eigenvalue weighted by atomic mass is 16.1. The van der Waals surface area contributed by atoms with Crippen LogP contribution in [-0.2, 0) is 4.79 Å². The molecule has 0 aromatic carbocycles. The molecule has 2 N–H and O–H groups in total. The quantitative estimate of drug-likeness (QED) is 0.638. The number of nitrogens with one attached hydrogen (secondary N) is 2. The third-order valence-electron chi connectivity index (χ3n) is 3.44. The largest absolute Gasteiger partial charge is 0.316 e. The Bertz CT molecular complexity index is 244.